The predicted molar refractivity (Wildman–Crippen MR) is 67.4 cm³/mol. The molecule has 1 aliphatic rings. The van der Waals surface area contributed by atoms with Crippen LogP contribution in [-0.2, 0) is 14.2 Å². The second kappa shape index (κ2) is 9.79. The van der Waals surface area contributed by atoms with Crippen LogP contribution in [0.1, 0.15) is 6.92 Å². The highest BCUT2D eigenvalue weighted by atomic mass is 16.5. The van der Waals surface area contributed by atoms with Crippen LogP contribution in [0.4, 0.5) is 0 Å². The molecule has 0 aromatic heterocycles. The fourth-order valence-electron chi connectivity index (χ4n) is 1.91. The first-order chi connectivity index (χ1) is 8.38. The smallest absolute Gasteiger partial charge is 0.0700 e. The second-order valence-corrected chi connectivity index (χ2v) is 4.18. The number of hydrogen-bond acceptors (Lipinski definition) is 5. The van der Waals surface area contributed by atoms with Crippen LogP contribution in [0.25, 0.3) is 0 Å². The fraction of sp³-hybridized carbons (Fsp3) is 1.00. The number of rotatable bonds is 9. The summed E-state index contributed by atoms with van der Waals surface area (Å²) in [5.74, 6) is 0. The fourth-order valence-corrected chi connectivity index (χ4v) is 1.91. The summed E-state index contributed by atoms with van der Waals surface area (Å²) in [5, 5.41) is 3.38. The lowest BCUT2D eigenvalue weighted by Crippen LogP contribution is -2.51. The minimum absolute atomic E-state index is 0.481. The average molecular weight is 246 g/mol. The molecule has 1 rings (SSSR count). The molecule has 5 nitrogen and oxygen atoms in total. The van der Waals surface area contributed by atoms with Crippen molar-refractivity contribution in [3.05, 3.63) is 0 Å². The molecule has 1 aliphatic heterocycles. The lowest BCUT2D eigenvalue weighted by atomic mass is 10.2. The Morgan fingerprint density at radius 3 is 3.00 bits per heavy atom. The summed E-state index contributed by atoms with van der Waals surface area (Å²) in [4.78, 5) is 2.44. The Morgan fingerprint density at radius 1 is 1.35 bits per heavy atom. The van der Waals surface area contributed by atoms with Gasteiger partial charge in [0, 0.05) is 32.8 Å². The molecule has 1 heterocycles. The molecule has 1 N–H and O–H groups in total. The van der Waals surface area contributed by atoms with Gasteiger partial charge < -0.3 is 19.5 Å². The van der Waals surface area contributed by atoms with Gasteiger partial charge in [-0.1, -0.05) is 6.92 Å². The van der Waals surface area contributed by atoms with Gasteiger partial charge in [-0.25, -0.2) is 0 Å². The molecular formula is C12H26N2O3. The highest BCUT2D eigenvalue weighted by Gasteiger charge is 2.21. The van der Waals surface area contributed by atoms with Gasteiger partial charge in [0.25, 0.3) is 0 Å². The minimum Gasteiger partial charge on any atom is -0.382 e. The van der Waals surface area contributed by atoms with Crippen molar-refractivity contribution in [2.45, 2.75) is 13.0 Å². The Morgan fingerprint density at radius 2 is 2.24 bits per heavy atom. The SMILES string of the molecule is CCNCC1COCCN1CCOCCOC. The quantitative estimate of drug-likeness (QED) is 0.578. The molecular weight excluding hydrogens is 220 g/mol. The maximum absolute atomic E-state index is 5.51. The Balaban J connectivity index is 2.13. The van der Waals surface area contributed by atoms with Gasteiger partial charge in [-0.15, -0.1) is 0 Å². The van der Waals surface area contributed by atoms with Crippen LogP contribution in [0.5, 0.6) is 0 Å². The first kappa shape index (κ1) is 14.9. The summed E-state index contributed by atoms with van der Waals surface area (Å²) in [6.45, 7) is 9.89. The van der Waals surface area contributed by atoms with Gasteiger partial charge in [-0.05, 0) is 6.54 Å². The van der Waals surface area contributed by atoms with Crippen molar-refractivity contribution >= 4 is 0 Å². The predicted octanol–water partition coefficient (Wildman–Crippen LogP) is -0.0403. The molecule has 0 amide bonds. The van der Waals surface area contributed by atoms with E-state index in [1.807, 2.05) is 0 Å². The van der Waals surface area contributed by atoms with Gasteiger partial charge in [-0.2, -0.15) is 0 Å². The van der Waals surface area contributed by atoms with Crippen LogP contribution < -0.4 is 5.32 Å². The lowest BCUT2D eigenvalue weighted by Gasteiger charge is -2.35. The topological polar surface area (TPSA) is 43.0 Å². The van der Waals surface area contributed by atoms with E-state index in [2.05, 4.69) is 17.1 Å². The zero-order valence-corrected chi connectivity index (χ0v) is 11.1. The number of nitrogens with one attached hydrogen (secondary N) is 1. The van der Waals surface area contributed by atoms with Crippen molar-refractivity contribution in [2.24, 2.45) is 0 Å². The van der Waals surface area contributed by atoms with Crippen LogP contribution in [0.3, 0.4) is 0 Å². The van der Waals surface area contributed by atoms with Crippen LogP contribution >= 0.6 is 0 Å². The summed E-state index contributed by atoms with van der Waals surface area (Å²) in [7, 11) is 1.69. The van der Waals surface area contributed by atoms with Gasteiger partial charge >= 0.3 is 0 Å². The maximum Gasteiger partial charge on any atom is 0.0700 e. The van der Waals surface area contributed by atoms with Gasteiger partial charge in [0.05, 0.1) is 33.0 Å². The van der Waals surface area contributed by atoms with Crippen LogP contribution in [0.2, 0.25) is 0 Å². The van der Waals surface area contributed by atoms with E-state index in [-0.39, 0.29) is 0 Å². The molecule has 17 heavy (non-hydrogen) atoms. The third-order valence-corrected chi connectivity index (χ3v) is 2.93. The summed E-state index contributed by atoms with van der Waals surface area (Å²) in [6, 6.07) is 0.481. The van der Waals surface area contributed by atoms with Gasteiger partial charge in [0.15, 0.2) is 0 Å². The largest absolute Gasteiger partial charge is 0.382 e. The molecule has 1 atom stereocenters. The Hall–Kier alpha value is -0.200. The van der Waals surface area contributed by atoms with E-state index in [0.717, 1.165) is 46.0 Å². The van der Waals surface area contributed by atoms with Crippen molar-refractivity contribution in [3.63, 3.8) is 0 Å². The molecule has 0 aliphatic carbocycles. The molecule has 5 heteroatoms. The van der Waals surface area contributed by atoms with Crippen molar-refractivity contribution < 1.29 is 14.2 Å². The van der Waals surface area contributed by atoms with E-state index in [0.29, 0.717) is 19.3 Å². The monoisotopic (exact) mass is 246 g/mol. The third-order valence-electron chi connectivity index (χ3n) is 2.93. The minimum atomic E-state index is 0.481. The normalized spacial score (nSPS) is 21.9. The van der Waals surface area contributed by atoms with Crippen LogP contribution in [0, 0.1) is 0 Å². The summed E-state index contributed by atoms with van der Waals surface area (Å²) >= 11 is 0. The molecule has 0 spiro atoms. The maximum atomic E-state index is 5.51. The van der Waals surface area contributed by atoms with Crippen LogP contribution in [-0.4, -0.2) is 77.3 Å². The van der Waals surface area contributed by atoms with Gasteiger partial charge in [-0.3, -0.25) is 4.90 Å². The zero-order valence-electron chi connectivity index (χ0n) is 11.1. The van der Waals surface area contributed by atoms with E-state index in [4.69, 9.17) is 14.2 Å². The number of likely N-dealkylation sites (N-methyl/N-ethyl adjacent to an activating group) is 1. The molecule has 1 unspecified atom stereocenters. The summed E-state index contributed by atoms with van der Waals surface area (Å²) < 4.78 is 16.0. The summed E-state index contributed by atoms with van der Waals surface area (Å²) in [5.41, 5.74) is 0. The Labute approximate surface area is 104 Å². The van der Waals surface area contributed by atoms with Crippen molar-refractivity contribution in [1.82, 2.24) is 10.2 Å². The van der Waals surface area contributed by atoms with Crippen molar-refractivity contribution in [2.75, 3.05) is 66.3 Å². The molecule has 0 aromatic rings. The molecule has 0 bridgehead atoms. The second-order valence-electron chi connectivity index (χ2n) is 4.18. The van der Waals surface area contributed by atoms with E-state index in [1.54, 1.807) is 7.11 Å². The molecule has 102 valence electrons. The number of nitrogens with zero attached hydrogens (tertiary/aromatic N) is 1. The lowest BCUT2D eigenvalue weighted by molar-refractivity contribution is -0.0227. The Kier molecular flexibility index (Phi) is 8.56. The third kappa shape index (κ3) is 6.33. The average Bonchev–Trinajstić information content (AvgIpc) is 2.37. The van der Waals surface area contributed by atoms with Crippen molar-refractivity contribution in [1.29, 1.82) is 0 Å². The van der Waals surface area contributed by atoms with Gasteiger partial charge in [0.1, 0.15) is 0 Å². The van der Waals surface area contributed by atoms with Crippen molar-refractivity contribution in [3.8, 4) is 0 Å². The molecule has 0 radical (unpaired) electrons. The molecule has 1 saturated heterocycles. The van der Waals surface area contributed by atoms with E-state index < -0.39 is 0 Å². The first-order valence-corrected chi connectivity index (χ1v) is 6.47. The highest BCUT2D eigenvalue weighted by Crippen LogP contribution is 2.05. The van der Waals surface area contributed by atoms with Crippen LogP contribution in [0.15, 0.2) is 0 Å². The van der Waals surface area contributed by atoms with E-state index in [1.165, 1.54) is 0 Å². The number of morpholine rings is 1. The zero-order chi connectivity index (χ0) is 12.3. The highest BCUT2D eigenvalue weighted by molar-refractivity contribution is 4.76. The van der Waals surface area contributed by atoms with E-state index >= 15 is 0 Å². The number of methoxy groups -OCH3 is 1. The number of ether oxygens (including phenoxy) is 3. The molecule has 0 saturated carbocycles. The number of hydrogen-bond donors (Lipinski definition) is 1. The standard InChI is InChI=1S/C12H26N2O3/c1-3-13-10-12-11-17-7-5-14(12)4-6-16-9-8-15-2/h12-13H,3-11H2,1-2H3. The first-order valence-electron chi connectivity index (χ1n) is 6.47. The summed E-state index contributed by atoms with van der Waals surface area (Å²) in [6.07, 6.45) is 0. The van der Waals surface area contributed by atoms with E-state index in [9.17, 15) is 0 Å². The Bertz CT molecular complexity index is 181. The molecule has 1 fully saturated rings. The molecule has 0 aromatic carbocycles. The van der Waals surface area contributed by atoms with Gasteiger partial charge in [0.2, 0.25) is 0 Å².